The summed E-state index contributed by atoms with van der Waals surface area (Å²) in [5.41, 5.74) is 3.91. The van der Waals surface area contributed by atoms with E-state index in [2.05, 4.69) is 36.3 Å². The zero-order valence-corrected chi connectivity index (χ0v) is 18.4. The van der Waals surface area contributed by atoms with Gasteiger partial charge in [0.25, 0.3) is 5.91 Å². The molecule has 5 rings (SSSR count). The molecule has 0 bridgehead atoms. The minimum atomic E-state index is -0.291. The second kappa shape index (κ2) is 8.68. The lowest BCUT2D eigenvalue weighted by atomic mass is 10.0. The molecule has 0 saturated carbocycles. The highest BCUT2D eigenvalue weighted by Crippen LogP contribution is 2.25. The van der Waals surface area contributed by atoms with Gasteiger partial charge in [-0.15, -0.1) is 5.10 Å². The molecule has 0 aliphatic rings. The minimum absolute atomic E-state index is 0.249. The number of fused-ring (bicyclic) bond motifs is 1. The van der Waals surface area contributed by atoms with Crippen molar-refractivity contribution in [1.29, 1.82) is 0 Å². The number of carbonyl (C=O) groups is 1. The summed E-state index contributed by atoms with van der Waals surface area (Å²) < 4.78 is 2.70. The molecule has 5 aromatic rings. The molecule has 3 heterocycles. The van der Waals surface area contributed by atoms with E-state index in [-0.39, 0.29) is 11.9 Å². The van der Waals surface area contributed by atoms with Gasteiger partial charge in [-0.2, -0.15) is 0 Å². The highest BCUT2D eigenvalue weighted by Gasteiger charge is 2.16. The average Bonchev–Trinajstić information content (AvgIpc) is 3.27. The standard InChI is InChI=1S/C24H17BrN6O/c25-18-7-5-16(6-8-18)14-31-15-27-24(30-31)29-23(32)20-13-22(17-9-11-26-12-10-17)28-21-4-2-1-3-19(20)21/h1-13,15H,14H2,(H,29,30,32). The largest absolute Gasteiger partial charge is 0.289 e. The van der Waals surface area contributed by atoms with E-state index in [1.807, 2.05) is 60.7 Å². The summed E-state index contributed by atoms with van der Waals surface area (Å²) in [5.74, 6) is -0.0428. The molecule has 0 spiro atoms. The zero-order chi connectivity index (χ0) is 21.9. The molecule has 156 valence electrons. The number of hydrogen-bond donors (Lipinski definition) is 1. The highest BCUT2D eigenvalue weighted by molar-refractivity contribution is 9.10. The Morgan fingerprint density at radius 3 is 2.59 bits per heavy atom. The molecule has 1 amide bonds. The Labute approximate surface area is 192 Å². The number of halogens is 1. The lowest BCUT2D eigenvalue weighted by molar-refractivity contribution is 0.102. The molecule has 0 unspecified atom stereocenters. The quantitative estimate of drug-likeness (QED) is 0.381. The molecule has 1 N–H and O–H groups in total. The number of rotatable bonds is 5. The molecule has 0 atom stereocenters. The van der Waals surface area contributed by atoms with Gasteiger partial charge in [-0.25, -0.2) is 14.6 Å². The molecule has 0 aliphatic carbocycles. The minimum Gasteiger partial charge on any atom is -0.289 e. The summed E-state index contributed by atoms with van der Waals surface area (Å²) in [7, 11) is 0. The molecule has 0 saturated heterocycles. The molecule has 0 fully saturated rings. The molecule has 8 heteroatoms. The molecule has 32 heavy (non-hydrogen) atoms. The fraction of sp³-hybridized carbons (Fsp3) is 0.0417. The topological polar surface area (TPSA) is 85.6 Å². The van der Waals surface area contributed by atoms with Gasteiger partial charge in [-0.05, 0) is 42.0 Å². The number of pyridine rings is 2. The summed E-state index contributed by atoms with van der Waals surface area (Å²) in [4.78, 5) is 26.2. The van der Waals surface area contributed by atoms with Gasteiger partial charge in [0, 0.05) is 27.8 Å². The van der Waals surface area contributed by atoms with Crippen LogP contribution in [0.2, 0.25) is 0 Å². The van der Waals surface area contributed by atoms with Gasteiger partial charge < -0.3 is 0 Å². The Morgan fingerprint density at radius 1 is 1.00 bits per heavy atom. The number of carbonyl (C=O) groups excluding carboxylic acids is 1. The predicted octanol–water partition coefficient (Wildman–Crippen LogP) is 4.95. The molecular formula is C24H17BrN6O. The lowest BCUT2D eigenvalue weighted by Gasteiger charge is -2.09. The van der Waals surface area contributed by atoms with Crippen molar-refractivity contribution in [2.24, 2.45) is 0 Å². The van der Waals surface area contributed by atoms with E-state index < -0.39 is 0 Å². The fourth-order valence-corrected chi connectivity index (χ4v) is 3.67. The number of nitrogens with zero attached hydrogens (tertiary/aromatic N) is 5. The van der Waals surface area contributed by atoms with E-state index in [0.29, 0.717) is 17.8 Å². The maximum absolute atomic E-state index is 13.2. The summed E-state index contributed by atoms with van der Waals surface area (Å²) >= 11 is 3.43. The van der Waals surface area contributed by atoms with Crippen LogP contribution in [0.3, 0.4) is 0 Å². The molecule has 0 radical (unpaired) electrons. The van der Waals surface area contributed by atoms with Crippen molar-refractivity contribution in [2.75, 3.05) is 5.32 Å². The number of hydrogen-bond acceptors (Lipinski definition) is 5. The van der Waals surface area contributed by atoms with Gasteiger partial charge in [0.05, 0.1) is 23.3 Å². The third-order valence-electron chi connectivity index (χ3n) is 4.96. The molecular weight excluding hydrogens is 468 g/mol. The lowest BCUT2D eigenvalue weighted by Crippen LogP contribution is -2.14. The number of anilines is 1. The zero-order valence-electron chi connectivity index (χ0n) is 16.8. The average molecular weight is 485 g/mol. The first kappa shape index (κ1) is 20.0. The Kier molecular flexibility index (Phi) is 5.43. The molecule has 0 aliphatic heterocycles. The molecule has 2 aromatic carbocycles. The summed E-state index contributed by atoms with van der Waals surface area (Å²) in [6.45, 7) is 0.556. The fourth-order valence-electron chi connectivity index (χ4n) is 3.41. The predicted molar refractivity (Wildman–Crippen MR) is 126 cm³/mol. The van der Waals surface area contributed by atoms with Crippen molar-refractivity contribution in [2.45, 2.75) is 6.54 Å². The maximum Gasteiger partial charge on any atom is 0.258 e. The number of benzene rings is 2. The van der Waals surface area contributed by atoms with Crippen LogP contribution in [0, 0.1) is 0 Å². The summed E-state index contributed by atoms with van der Waals surface area (Å²) in [5, 5.41) is 7.97. The summed E-state index contributed by atoms with van der Waals surface area (Å²) in [6.07, 6.45) is 5.01. The Morgan fingerprint density at radius 2 is 1.78 bits per heavy atom. The SMILES string of the molecule is O=C(Nc1ncn(Cc2ccc(Br)cc2)n1)c1cc(-c2ccncc2)nc2ccccc12. The number of nitrogens with one attached hydrogen (secondary N) is 1. The van der Waals surface area contributed by atoms with Gasteiger partial charge in [0.15, 0.2) is 0 Å². The van der Waals surface area contributed by atoms with Crippen LogP contribution in [-0.4, -0.2) is 30.6 Å². The van der Waals surface area contributed by atoms with E-state index in [4.69, 9.17) is 4.98 Å². The van der Waals surface area contributed by atoms with E-state index in [0.717, 1.165) is 26.5 Å². The summed E-state index contributed by atoms with van der Waals surface area (Å²) in [6, 6.07) is 21.0. The van der Waals surface area contributed by atoms with Crippen LogP contribution in [0.1, 0.15) is 15.9 Å². The van der Waals surface area contributed by atoms with Crippen LogP contribution in [0.25, 0.3) is 22.2 Å². The van der Waals surface area contributed by atoms with Gasteiger partial charge in [-0.3, -0.25) is 15.1 Å². The Bertz CT molecular complexity index is 1400. The van der Waals surface area contributed by atoms with E-state index in [1.54, 1.807) is 29.5 Å². The van der Waals surface area contributed by atoms with Crippen LogP contribution in [-0.2, 0) is 6.54 Å². The first-order valence-corrected chi connectivity index (χ1v) is 10.7. The number of para-hydroxylation sites is 1. The van der Waals surface area contributed by atoms with Crippen molar-refractivity contribution in [3.05, 3.63) is 101 Å². The van der Waals surface area contributed by atoms with Crippen LogP contribution in [0.15, 0.2) is 89.9 Å². The van der Waals surface area contributed by atoms with Crippen LogP contribution in [0.4, 0.5) is 5.95 Å². The Balaban J connectivity index is 1.42. The smallest absolute Gasteiger partial charge is 0.258 e. The van der Waals surface area contributed by atoms with Gasteiger partial charge in [0.2, 0.25) is 5.95 Å². The van der Waals surface area contributed by atoms with Crippen LogP contribution >= 0.6 is 15.9 Å². The van der Waals surface area contributed by atoms with E-state index in [1.165, 1.54) is 0 Å². The van der Waals surface area contributed by atoms with Crippen molar-refractivity contribution in [3.63, 3.8) is 0 Å². The normalized spacial score (nSPS) is 10.9. The third kappa shape index (κ3) is 4.26. The van der Waals surface area contributed by atoms with E-state index >= 15 is 0 Å². The van der Waals surface area contributed by atoms with Crippen LogP contribution < -0.4 is 5.32 Å². The third-order valence-corrected chi connectivity index (χ3v) is 5.49. The van der Waals surface area contributed by atoms with Gasteiger partial charge >= 0.3 is 0 Å². The van der Waals surface area contributed by atoms with E-state index in [9.17, 15) is 4.79 Å². The van der Waals surface area contributed by atoms with Crippen molar-refractivity contribution in [3.8, 4) is 11.3 Å². The van der Waals surface area contributed by atoms with Crippen LogP contribution in [0.5, 0.6) is 0 Å². The Hall–Kier alpha value is -3.91. The second-order valence-corrected chi connectivity index (χ2v) is 8.07. The second-order valence-electron chi connectivity index (χ2n) is 7.15. The molecule has 3 aromatic heterocycles. The van der Waals surface area contributed by atoms with Gasteiger partial charge in [-0.1, -0.05) is 46.3 Å². The van der Waals surface area contributed by atoms with Gasteiger partial charge in [0.1, 0.15) is 6.33 Å². The monoisotopic (exact) mass is 484 g/mol. The highest BCUT2D eigenvalue weighted by atomic mass is 79.9. The first-order chi connectivity index (χ1) is 15.7. The number of aromatic nitrogens is 5. The van der Waals surface area contributed by atoms with Crippen molar-refractivity contribution in [1.82, 2.24) is 24.7 Å². The maximum atomic E-state index is 13.2. The van der Waals surface area contributed by atoms with Crippen molar-refractivity contribution >= 4 is 38.7 Å². The first-order valence-electron chi connectivity index (χ1n) is 9.91. The van der Waals surface area contributed by atoms with Crippen molar-refractivity contribution < 1.29 is 4.79 Å². The number of amides is 1. The molecule has 7 nitrogen and oxygen atoms in total.